The lowest BCUT2D eigenvalue weighted by Gasteiger charge is -2.37. The number of carbonyl (C=O) groups excluding carboxylic acids is 1. The molecular formula is C18H24N4O. The molecule has 1 saturated carbocycles. The smallest absolute Gasteiger partial charge is 0.228 e. The largest absolute Gasteiger partial charge is 0.346 e. The van der Waals surface area contributed by atoms with Crippen LogP contribution in [0.1, 0.15) is 44.5 Å². The van der Waals surface area contributed by atoms with Gasteiger partial charge in [0.15, 0.2) is 0 Å². The van der Waals surface area contributed by atoms with E-state index in [1.165, 1.54) is 12.8 Å². The summed E-state index contributed by atoms with van der Waals surface area (Å²) in [7, 11) is 0. The number of aromatic amines is 1. The number of para-hydroxylation sites is 2. The molecule has 2 aromatic rings. The fourth-order valence-electron chi connectivity index (χ4n) is 4.28. The number of benzene rings is 1. The Kier molecular flexibility index (Phi) is 3.60. The summed E-state index contributed by atoms with van der Waals surface area (Å²) >= 11 is 0. The molecule has 1 unspecified atom stereocenters. The van der Waals surface area contributed by atoms with Crippen LogP contribution in [0.2, 0.25) is 0 Å². The van der Waals surface area contributed by atoms with E-state index < -0.39 is 0 Å². The molecule has 5 nitrogen and oxygen atoms in total. The molecule has 1 aromatic heterocycles. The highest BCUT2D eigenvalue weighted by molar-refractivity contribution is 5.84. The summed E-state index contributed by atoms with van der Waals surface area (Å²) in [5.41, 5.74) is 1.75. The van der Waals surface area contributed by atoms with E-state index in [1.54, 1.807) is 0 Å². The molecule has 0 bridgehead atoms. The van der Waals surface area contributed by atoms with Gasteiger partial charge in [-0.15, -0.1) is 0 Å². The van der Waals surface area contributed by atoms with Gasteiger partial charge in [-0.2, -0.15) is 0 Å². The Morgan fingerprint density at radius 3 is 3.13 bits per heavy atom. The van der Waals surface area contributed by atoms with E-state index >= 15 is 0 Å². The summed E-state index contributed by atoms with van der Waals surface area (Å²) in [6.07, 6.45) is 4.58. The van der Waals surface area contributed by atoms with Gasteiger partial charge in [-0.05, 0) is 44.4 Å². The van der Waals surface area contributed by atoms with Crippen LogP contribution in [0.15, 0.2) is 24.3 Å². The van der Waals surface area contributed by atoms with Crippen molar-refractivity contribution in [2.45, 2.75) is 38.6 Å². The number of aromatic nitrogens is 2. The minimum absolute atomic E-state index is 0.104. The van der Waals surface area contributed by atoms with Gasteiger partial charge >= 0.3 is 0 Å². The van der Waals surface area contributed by atoms with Crippen LogP contribution in [-0.4, -0.2) is 29.0 Å². The third-order valence-electron chi connectivity index (χ3n) is 5.66. The first-order valence-corrected chi connectivity index (χ1v) is 8.65. The number of hydrogen-bond acceptors (Lipinski definition) is 3. The third-order valence-corrected chi connectivity index (χ3v) is 5.66. The van der Waals surface area contributed by atoms with E-state index in [0.29, 0.717) is 5.92 Å². The van der Waals surface area contributed by atoms with Crippen molar-refractivity contribution in [3.63, 3.8) is 0 Å². The molecule has 1 amide bonds. The monoisotopic (exact) mass is 312 g/mol. The minimum atomic E-state index is -0.210. The molecule has 1 aromatic carbocycles. The maximum Gasteiger partial charge on any atom is 0.228 e. The molecule has 2 heterocycles. The zero-order chi connectivity index (χ0) is 15.9. The second-order valence-corrected chi connectivity index (χ2v) is 7.06. The Balaban J connectivity index is 1.53. The molecule has 3 N–H and O–H groups in total. The molecule has 122 valence electrons. The number of nitrogens with one attached hydrogen (secondary N) is 3. The van der Waals surface area contributed by atoms with Crippen molar-refractivity contribution in [1.82, 2.24) is 20.6 Å². The van der Waals surface area contributed by atoms with Gasteiger partial charge < -0.3 is 15.6 Å². The number of nitrogens with zero attached hydrogens (tertiary/aromatic N) is 1. The number of amides is 1. The van der Waals surface area contributed by atoms with Crippen LogP contribution < -0.4 is 10.6 Å². The summed E-state index contributed by atoms with van der Waals surface area (Å²) in [5.74, 6) is 1.51. The van der Waals surface area contributed by atoms with Crippen molar-refractivity contribution in [1.29, 1.82) is 0 Å². The zero-order valence-electron chi connectivity index (χ0n) is 13.6. The van der Waals surface area contributed by atoms with Crippen LogP contribution in [0, 0.1) is 11.3 Å². The lowest BCUT2D eigenvalue weighted by Crippen LogP contribution is -2.48. The maximum absolute atomic E-state index is 13.0. The molecule has 2 fully saturated rings. The Bertz CT molecular complexity index is 692. The molecule has 5 heteroatoms. The zero-order valence-corrected chi connectivity index (χ0v) is 13.6. The second kappa shape index (κ2) is 5.64. The Labute approximate surface area is 136 Å². The fourth-order valence-corrected chi connectivity index (χ4v) is 4.28. The summed E-state index contributed by atoms with van der Waals surface area (Å²) in [6, 6.07) is 7.86. The minimum Gasteiger partial charge on any atom is -0.346 e. The Morgan fingerprint density at radius 1 is 1.39 bits per heavy atom. The fraction of sp³-hybridized carbons (Fsp3) is 0.556. The van der Waals surface area contributed by atoms with E-state index in [1.807, 2.05) is 31.2 Å². The summed E-state index contributed by atoms with van der Waals surface area (Å²) in [6.45, 7) is 3.80. The third kappa shape index (κ3) is 2.43. The van der Waals surface area contributed by atoms with Gasteiger partial charge in [0.1, 0.15) is 5.82 Å². The van der Waals surface area contributed by atoms with E-state index in [2.05, 4.69) is 20.6 Å². The maximum atomic E-state index is 13.0. The van der Waals surface area contributed by atoms with E-state index in [9.17, 15) is 4.79 Å². The lowest BCUT2D eigenvalue weighted by atomic mass is 9.67. The quantitative estimate of drug-likeness (QED) is 0.815. The SMILES string of the molecule is CC(NC(=O)[C@@]12CCCC[C@H]1CNC2)c1nc2ccccc2[nH]1. The molecule has 1 aliphatic heterocycles. The highest BCUT2D eigenvalue weighted by Gasteiger charge is 2.50. The van der Waals surface area contributed by atoms with Crippen LogP contribution in [0.3, 0.4) is 0 Å². The highest BCUT2D eigenvalue weighted by atomic mass is 16.2. The summed E-state index contributed by atoms with van der Waals surface area (Å²) in [4.78, 5) is 20.9. The molecule has 1 aliphatic carbocycles. The first-order chi connectivity index (χ1) is 11.2. The van der Waals surface area contributed by atoms with Crippen molar-refractivity contribution in [2.24, 2.45) is 11.3 Å². The van der Waals surface area contributed by atoms with E-state index in [0.717, 1.165) is 42.8 Å². The van der Waals surface area contributed by atoms with E-state index in [4.69, 9.17) is 0 Å². The molecule has 4 rings (SSSR count). The average molecular weight is 312 g/mol. The van der Waals surface area contributed by atoms with E-state index in [-0.39, 0.29) is 17.4 Å². The Morgan fingerprint density at radius 2 is 2.26 bits per heavy atom. The predicted octanol–water partition coefficient (Wildman–Crippen LogP) is 2.52. The molecular weight excluding hydrogens is 288 g/mol. The van der Waals surface area contributed by atoms with Gasteiger partial charge in [-0.1, -0.05) is 25.0 Å². The van der Waals surface area contributed by atoms with Crippen LogP contribution in [0.5, 0.6) is 0 Å². The number of rotatable bonds is 3. The van der Waals surface area contributed by atoms with Crippen LogP contribution in [0.25, 0.3) is 11.0 Å². The number of H-pyrrole nitrogens is 1. The van der Waals surface area contributed by atoms with Gasteiger partial charge in [0.25, 0.3) is 0 Å². The molecule has 2 aliphatic rings. The van der Waals surface area contributed by atoms with Crippen molar-refractivity contribution >= 4 is 16.9 Å². The van der Waals surface area contributed by atoms with Gasteiger partial charge in [-0.3, -0.25) is 4.79 Å². The van der Waals surface area contributed by atoms with Crippen molar-refractivity contribution in [3.8, 4) is 0 Å². The first kappa shape index (κ1) is 14.7. The standard InChI is InChI=1S/C18H24N4O/c1-12(16-21-14-7-2-3-8-15(14)22-16)20-17(23)18-9-5-4-6-13(18)10-19-11-18/h2-3,7-8,12-13,19H,4-6,9-11H2,1H3,(H,20,23)(H,21,22)/t12?,13-,18+/m0/s1. The summed E-state index contributed by atoms with van der Waals surface area (Å²) in [5, 5.41) is 6.65. The van der Waals surface area contributed by atoms with Crippen molar-refractivity contribution < 1.29 is 4.79 Å². The van der Waals surface area contributed by atoms with Gasteiger partial charge in [0.2, 0.25) is 5.91 Å². The first-order valence-electron chi connectivity index (χ1n) is 8.65. The molecule has 0 spiro atoms. The van der Waals surface area contributed by atoms with Crippen LogP contribution >= 0.6 is 0 Å². The van der Waals surface area contributed by atoms with Crippen molar-refractivity contribution in [3.05, 3.63) is 30.1 Å². The topological polar surface area (TPSA) is 69.8 Å². The number of carbonyl (C=O) groups is 1. The van der Waals surface area contributed by atoms with Crippen molar-refractivity contribution in [2.75, 3.05) is 13.1 Å². The number of fused-ring (bicyclic) bond motifs is 2. The van der Waals surface area contributed by atoms with Crippen LogP contribution in [-0.2, 0) is 4.79 Å². The van der Waals surface area contributed by atoms with Crippen LogP contribution in [0.4, 0.5) is 0 Å². The molecule has 0 radical (unpaired) electrons. The highest BCUT2D eigenvalue weighted by Crippen LogP contribution is 2.44. The normalized spacial score (nSPS) is 28.5. The summed E-state index contributed by atoms with van der Waals surface area (Å²) < 4.78 is 0. The molecule has 1 saturated heterocycles. The van der Waals surface area contributed by atoms with Gasteiger partial charge in [-0.25, -0.2) is 4.98 Å². The van der Waals surface area contributed by atoms with Gasteiger partial charge in [0.05, 0.1) is 22.5 Å². The average Bonchev–Trinajstić information content (AvgIpc) is 3.19. The molecule has 3 atom stereocenters. The Hall–Kier alpha value is -1.88. The van der Waals surface area contributed by atoms with Gasteiger partial charge in [0, 0.05) is 6.54 Å². The molecule has 23 heavy (non-hydrogen) atoms. The second-order valence-electron chi connectivity index (χ2n) is 7.06. The number of imidazole rings is 1. The lowest BCUT2D eigenvalue weighted by molar-refractivity contribution is -0.134. The number of hydrogen-bond donors (Lipinski definition) is 3. The predicted molar refractivity (Wildman–Crippen MR) is 89.9 cm³/mol.